The number of ether oxygens (including phenoxy) is 1. The summed E-state index contributed by atoms with van der Waals surface area (Å²) in [6, 6.07) is 6.31. The quantitative estimate of drug-likeness (QED) is 0.849. The summed E-state index contributed by atoms with van der Waals surface area (Å²) in [6.07, 6.45) is 0.882. The van der Waals surface area contributed by atoms with Crippen molar-refractivity contribution < 1.29 is 9.84 Å². The molecule has 0 saturated carbocycles. The van der Waals surface area contributed by atoms with Crippen LogP contribution in [0.2, 0.25) is 0 Å². The smallest absolute Gasteiger partial charge is 0.122 e. The zero-order chi connectivity index (χ0) is 13.1. The largest absolute Gasteiger partial charge is 0.496 e. The summed E-state index contributed by atoms with van der Waals surface area (Å²) in [5, 5.41) is 9.31. The number of hydrogen-bond donors (Lipinski definition) is 1. The van der Waals surface area contributed by atoms with Crippen LogP contribution in [0.5, 0.6) is 5.75 Å². The van der Waals surface area contributed by atoms with Crippen molar-refractivity contribution in [3.63, 3.8) is 0 Å². The minimum absolute atomic E-state index is 0.0666. The minimum Gasteiger partial charge on any atom is -0.496 e. The second-order valence-corrected chi connectivity index (χ2v) is 5.73. The van der Waals surface area contributed by atoms with Crippen LogP contribution < -0.4 is 4.74 Å². The highest BCUT2D eigenvalue weighted by Gasteiger charge is 2.18. The first-order valence-electron chi connectivity index (χ1n) is 6.17. The Bertz CT molecular complexity index is 367. The monoisotopic (exact) mass is 236 g/mol. The first-order valence-corrected chi connectivity index (χ1v) is 6.17. The maximum atomic E-state index is 9.31. The standard InChI is InChI=1S/C15H24O2/c1-11(2)13-8-12(6-7-14(13)17-5)9-15(3,4)10-16/h6-8,11,16H,9-10H2,1-5H3. The molecular weight excluding hydrogens is 212 g/mol. The van der Waals surface area contributed by atoms with Crippen molar-refractivity contribution in [1.82, 2.24) is 0 Å². The van der Waals surface area contributed by atoms with E-state index in [9.17, 15) is 5.11 Å². The summed E-state index contributed by atoms with van der Waals surface area (Å²) in [7, 11) is 1.71. The van der Waals surface area contributed by atoms with Gasteiger partial charge in [-0.05, 0) is 34.9 Å². The predicted molar refractivity (Wildman–Crippen MR) is 71.7 cm³/mol. The molecule has 0 saturated heterocycles. The fraction of sp³-hybridized carbons (Fsp3) is 0.600. The molecule has 0 fully saturated rings. The van der Waals surface area contributed by atoms with Crippen molar-refractivity contribution in [2.45, 2.75) is 40.0 Å². The lowest BCUT2D eigenvalue weighted by atomic mass is 9.85. The zero-order valence-corrected chi connectivity index (χ0v) is 11.6. The molecule has 0 aromatic heterocycles. The Labute approximate surface area is 105 Å². The van der Waals surface area contributed by atoms with Gasteiger partial charge in [0.05, 0.1) is 7.11 Å². The SMILES string of the molecule is COc1ccc(CC(C)(C)CO)cc1C(C)C. The van der Waals surface area contributed by atoms with Crippen LogP contribution in [0.1, 0.15) is 44.7 Å². The van der Waals surface area contributed by atoms with Crippen molar-refractivity contribution in [3.05, 3.63) is 29.3 Å². The first kappa shape index (κ1) is 14.0. The first-order chi connectivity index (χ1) is 7.89. The number of methoxy groups -OCH3 is 1. The lowest BCUT2D eigenvalue weighted by Gasteiger charge is -2.22. The van der Waals surface area contributed by atoms with Gasteiger partial charge in [-0.1, -0.05) is 39.8 Å². The highest BCUT2D eigenvalue weighted by molar-refractivity contribution is 5.39. The van der Waals surface area contributed by atoms with E-state index in [0.29, 0.717) is 5.92 Å². The van der Waals surface area contributed by atoms with Gasteiger partial charge in [-0.15, -0.1) is 0 Å². The number of aliphatic hydroxyl groups is 1. The van der Waals surface area contributed by atoms with Gasteiger partial charge in [0, 0.05) is 6.61 Å². The zero-order valence-electron chi connectivity index (χ0n) is 11.6. The van der Waals surface area contributed by atoms with Gasteiger partial charge in [0.15, 0.2) is 0 Å². The average Bonchev–Trinajstić information content (AvgIpc) is 2.28. The summed E-state index contributed by atoms with van der Waals surface area (Å²) in [5.74, 6) is 1.40. The van der Waals surface area contributed by atoms with Crippen LogP contribution >= 0.6 is 0 Å². The van der Waals surface area contributed by atoms with E-state index in [0.717, 1.165) is 12.2 Å². The summed E-state index contributed by atoms with van der Waals surface area (Å²) < 4.78 is 5.37. The lowest BCUT2D eigenvalue weighted by molar-refractivity contribution is 0.159. The highest BCUT2D eigenvalue weighted by atomic mass is 16.5. The van der Waals surface area contributed by atoms with Crippen LogP contribution in [0.15, 0.2) is 18.2 Å². The summed E-state index contributed by atoms with van der Waals surface area (Å²) in [4.78, 5) is 0. The van der Waals surface area contributed by atoms with E-state index in [2.05, 4.69) is 39.8 Å². The molecule has 1 aromatic carbocycles. The highest BCUT2D eigenvalue weighted by Crippen LogP contribution is 2.30. The number of rotatable bonds is 5. The number of hydrogen-bond acceptors (Lipinski definition) is 2. The molecule has 2 heteroatoms. The molecular formula is C15H24O2. The molecule has 1 aromatic rings. The predicted octanol–water partition coefficient (Wildman–Crippen LogP) is 3.38. The molecule has 0 radical (unpaired) electrons. The van der Waals surface area contributed by atoms with E-state index < -0.39 is 0 Å². The van der Waals surface area contributed by atoms with E-state index in [1.165, 1.54) is 11.1 Å². The second-order valence-electron chi connectivity index (χ2n) is 5.73. The van der Waals surface area contributed by atoms with E-state index in [-0.39, 0.29) is 12.0 Å². The van der Waals surface area contributed by atoms with E-state index in [1.807, 2.05) is 6.07 Å². The van der Waals surface area contributed by atoms with E-state index in [1.54, 1.807) is 7.11 Å². The third-order valence-corrected chi connectivity index (χ3v) is 3.03. The Hall–Kier alpha value is -1.02. The van der Waals surface area contributed by atoms with Crippen molar-refractivity contribution in [2.24, 2.45) is 5.41 Å². The maximum absolute atomic E-state index is 9.31. The summed E-state index contributed by atoms with van der Waals surface area (Å²) in [6.45, 7) is 8.69. The molecule has 96 valence electrons. The van der Waals surface area contributed by atoms with Crippen molar-refractivity contribution in [2.75, 3.05) is 13.7 Å². The van der Waals surface area contributed by atoms with Gasteiger partial charge in [-0.2, -0.15) is 0 Å². The molecule has 0 atom stereocenters. The topological polar surface area (TPSA) is 29.5 Å². The summed E-state index contributed by atoms with van der Waals surface area (Å²) >= 11 is 0. The number of aliphatic hydroxyl groups excluding tert-OH is 1. The summed E-state index contributed by atoms with van der Waals surface area (Å²) in [5.41, 5.74) is 2.43. The molecule has 0 heterocycles. The molecule has 2 nitrogen and oxygen atoms in total. The van der Waals surface area contributed by atoms with Gasteiger partial charge in [0.1, 0.15) is 5.75 Å². The molecule has 0 aliphatic carbocycles. The molecule has 0 unspecified atom stereocenters. The van der Waals surface area contributed by atoms with Crippen LogP contribution in [0.4, 0.5) is 0 Å². The molecule has 1 rings (SSSR count). The lowest BCUT2D eigenvalue weighted by Crippen LogP contribution is -2.19. The Morgan fingerprint density at radius 2 is 1.94 bits per heavy atom. The van der Waals surface area contributed by atoms with E-state index in [4.69, 9.17) is 4.74 Å². The van der Waals surface area contributed by atoms with E-state index >= 15 is 0 Å². The van der Waals surface area contributed by atoms with Gasteiger partial charge in [-0.25, -0.2) is 0 Å². The molecule has 0 amide bonds. The Balaban J connectivity index is 3.00. The molecule has 17 heavy (non-hydrogen) atoms. The van der Waals surface area contributed by atoms with Gasteiger partial charge >= 0.3 is 0 Å². The maximum Gasteiger partial charge on any atom is 0.122 e. The van der Waals surface area contributed by atoms with Crippen LogP contribution in [0.3, 0.4) is 0 Å². The molecule has 0 aliphatic rings. The van der Waals surface area contributed by atoms with Crippen LogP contribution in [-0.4, -0.2) is 18.8 Å². The fourth-order valence-corrected chi connectivity index (χ4v) is 1.95. The fourth-order valence-electron chi connectivity index (χ4n) is 1.95. The van der Waals surface area contributed by atoms with Gasteiger partial charge < -0.3 is 9.84 Å². The van der Waals surface area contributed by atoms with Gasteiger partial charge in [0.2, 0.25) is 0 Å². The Morgan fingerprint density at radius 1 is 1.29 bits per heavy atom. The molecule has 0 bridgehead atoms. The second kappa shape index (κ2) is 5.54. The van der Waals surface area contributed by atoms with Crippen molar-refractivity contribution >= 4 is 0 Å². The van der Waals surface area contributed by atoms with Crippen LogP contribution in [0.25, 0.3) is 0 Å². The average molecular weight is 236 g/mol. The van der Waals surface area contributed by atoms with Crippen molar-refractivity contribution in [3.8, 4) is 5.75 Å². The van der Waals surface area contributed by atoms with Crippen LogP contribution in [-0.2, 0) is 6.42 Å². The Kier molecular flexibility index (Phi) is 4.58. The molecule has 0 aliphatic heterocycles. The molecule has 0 spiro atoms. The third kappa shape index (κ3) is 3.74. The van der Waals surface area contributed by atoms with Crippen LogP contribution in [0, 0.1) is 5.41 Å². The number of benzene rings is 1. The third-order valence-electron chi connectivity index (χ3n) is 3.03. The molecule has 1 N–H and O–H groups in total. The van der Waals surface area contributed by atoms with Gasteiger partial charge in [-0.3, -0.25) is 0 Å². The Morgan fingerprint density at radius 3 is 2.41 bits per heavy atom. The minimum atomic E-state index is -0.0666. The normalized spacial score (nSPS) is 11.9. The van der Waals surface area contributed by atoms with Crippen molar-refractivity contribution in [1.29, 1.82) is 0 Å². The van der Waals surface area contributed by atoms with Gasteiger partial charge in [0.25, 0.3) is 0 Å².